The molecule has 0 unspecified atom stereocenters. The summed E-state index contributed by atoms with van der Waals surface area (Å²) >= 11 is 0. The van der Waals surface area contributed by atoms with Crippen LogP contribution in [0.2, 0.25) is 0 Å². The number of hydrazone groups is 1. The van der Waals surface area contributed by atoms with Gasteiger partial charge in [-0.1, -0.05) is 0 Å². The van der Waals surface area contributed by atoms with Crippen molar-refractivity contribution in [1.29, 1.82) is 0 Å². The van der Waals surface area contributed by atoms with Gasteiger partial charge in [0.25, 0.3) is 5.91 Å². The SMILES string of the molecule is C/C(=N\NC(=O)c1cc(C2CC2)nc2c1c(C1CC1)nn2C)c1ccc(OC(F)F)cc1. The van der Waals surface area contributed by atoms with Crippen LogP contribution in [0.25, 0.3) is 11.0 Å². The maximum Gasteiger partial charge on any atom is 0.387 e. The Labute approximate surface area is 183 Å². The molecule has 2 fully saturated rings. The Hall–Kier alpha value is -3.36. The molecule has 0 bridgehead atoms. The summed E-state index contributed by atoms with van der Waals surface area (Å²) < 4.78 is 30.8. The summed E-state index contributed by atoms with van der Waals surface area (Å²) in [7, 11) is 1.86. The second kappa shape index (κ2) is 7.96. The quantitative estimate of drug-likeness (QED) is 0.435. The van der Waals surface area contributed by atoms with Gasteiger partial charge in [-0.05, 0) is 68.5 Å². The number of rotatable bonds is 7. The standard InChI is InChI=1S/C23H23F2N5O2/c1-12(13-7-9-16(10-8-13)32-23(24)25)27-28-22(31)17-11-18(14-3-4-14)26-21-19(17)20(15-5-6-15)29-30(21)2/h7-11,14-15,23H,3-6H2,1-2H3,(H,28,31)/b27-12+. The molecule has 2 saturated carbocycles. The monoisotopic (exact) mass is 439 g/mol. The van der Waals surface area contributed by atoms with Crippen LogP contribution in [0.1, 0.15) is 71.8 Å². The Balaban J connectivity index is 1.43. The summed E-state index contributed by atoms with van der Waals surface area (Å²) in [4.78, 5) is 18.0. The number of carbonyl (C=O) groups is 1. The van der Waals surface area contributed by atoms with Crippen molar-refractivity contribution < 1.29 is 18.3 Å². The fraction of sp³-hybridized carbons (Fsp3) is 0.391. The van der Waals surface area contributed by atoms with Gasteiger partial charge in [-0.3, -0.25) is 9.48 Å². The molecule has 1 N–H and O–H groups in total. The summed E-state index contributed by atoms with van der Waals surface area (Å²) in [6.07, 6.45) is 4.30. The molecule has 0 spiro atoms. The van der Waals surface area contributed by atoms with Crippen LogP contribution in [-0.4, -0.2) is 33.0 Å². The van der Waals surface area contributed by atoms with Crippen molar-refractivity contribution in [3.05, 3.63) is 52.8 Å². The average molecular weight is 439 g/mol. The lowest BCUT2D eigenvalue weighted by Gasteiger charge is -2.08. The Kier molecular flexibility index (Phi) is 5.11. The van der Waals surface area contributed by atoms with E-state index in [2.05, 4.69) is 20.4 Å². The third-order valence-corrected chi connectivity index (χ3v) is 5.87. The molecule has 7 nitrogen and oxygen atoms in total. The van der Waals surface area contributed by atoms with Crippen molar-refractivity contribution in [3.63, 3.8) is 0 Å². The number of aryl methyl sites for hydroxylation is 1. The first-order chi connectivity index (χ1) is 15.4. The van der Waals surface area contributed by atoms with E-state index in [0.717, 1.165) is 48.1 Å². The van der Waals surface area contributed by atoms with Gasteiger partial charge in [-0.15, -0.1) is 0 Å². The molecule has 0 aliphatic heterocycles. The van der Waals surface area contributed by atoms with Crippen LogP contribution < -0.4 is 10.2 Å². The minimum Gasteiger partial charge on any atom is -0.435 e. The first kappa shape index (κ1) is 20.5. The lowest BCUT2D eigenvalue weighted by Crippen LogP contribution is -2.20. The highest BCUT2D eigenvalue weighted by atomic mass is 19.3. The van der Waals surface area contributed by atoms with Crippen LogP contribution in [0.3, 0.4) is 0 Å². The van der Waals surface area contributed by atoms with Gasteiger partial charge in [-0.25, -0.2) is 10.4 Å². The van der Waals surface area contributed by atoms with Gasteiger partial charge in [0.1, 0.15) is 5.75 Å². The molecule has 2 aromatic heterocycles. The number of benzene rings is 1. The molecule has 0 radical (unpaired) electrons. The van der Waals surface area contributed by atoms with Crippen molar-refractivity contribution >= 4 is 22.7 Å². The van der Waals surface area contributed by atoms with E-state index < -0.39 is 6.61 Å². The fourth-order valence-electron chi connectivity index (χ4n) is 3.84. The van der Waals surface area contributed by atoms with E-state index in [4.69, 9.17) is 4.98 Å². The highest BCUT2D eigenvalue weighted by molar-refractivity contribution is 6.08. The number of amides is 1. The molecule has 0 atom stereocenters. The van der Waals surface area contributed by atoms with Crippen LogP contribution in [-0.2, 0) is 7.05 Å². The Morgan fingerprint density at radius 2 is 1.88 bits per heavy atom. The second-order valence-electron chi connectivity index (χ2n) is 8.39. The van der Waals surface area contributed by atoms with Crippen molar-refractivity contribution in [3.8, 4) is 5.75 Å². The summed E-state index contributed by atoms with van der Waals surface area (Å²) in [6, 6.07) is 7.99. The zero-order chi connectivity index (χ0) is 22.4. The molecule has 9 heteroatoms. The van der Waals surface area contributed by atoms with Crippen LogP contribution in [0.5, 0.6) is 5.75 Å². The average Bonchev–Trinajstić information content (AvgIpc) is 3.69. The number of pyridine rings is 1. The van der Waals surface area contributed by atoms with Gasteiger partial charge in [0.2, 0.25) is 0 Å². The predicted molar refractivity (Wildman–Crippen MR) is 115 cm³/mol. The third kappa shape index (κ3) is 4.06. The van der Waals surface area contributed by atoms with Crippen molar-refractivity contribution in [2.24, 2.45) is 12.1 Å². The van der Waals surface area contributed by atoms with Crippen LogP contribution >= 0.6 is 0 Å². The van der Waals surface area contributed by atoms with E-state index in [1.165, 1.54) is 12.1 Å². The van der Waals surface area contributed by atoms with Gasteiger partial charge in [0.15, 0.2) is 5.65 Å². The summed E-state index contributed by atoms with van der Waals surface area (Å²) in [6.45, 7) is -1.14. The third-order valence-electron chi connectivity index (χ3n) is 5.87. The number of hydrogen-bond donors (Lipinski definition) is 1. The minimum absolute atomic E-state index is 0.0663. The number of aromatic nitrogens is 3. The largest absolute Gasteiger partial charge is 0.435 e. The summed E-state index contributed by atoms with van der Waals surface area (Å²) in [5, 5.41) is 9.70. The summed E-state index contributed by atoms with van der Waals surface area (Å²) in [5.41, 5.74) is 7.01. The van der Waals surface area contributed by atoms with E-state index in [1.54, 1.807) is 23.7 Å². The molecule has 32 heavy (non-hydrogen) atoms. The molecule has 1 aromatic carbocycles. The number of nitrogens with zero attached hydrogens (tertiary/aromatic N) is 4. The number of ether oxygens (including phenoxy) is 1. The van der Waals surface area contributed by atoms with Crippen molar-refractivity contribution in [2.75, 3.05) is 0 Å². The molecule has 0 saturated heterocycles. The highest BCUT2D eigenvalue weighted by Crippen LogP contribution is 2.45. The smallest absolute Gasteiger partial charge is 0.387 e. The molecule has 166 valence electrons. The zero-order valence-corrected chi connectivity index (χ0v) is 17.8. The van der Waals surface area contributed by atoms with Gasteiger partial charge in [0.05, 0.1) is 22.4 Å². The molecule has 2 heterocycles. The molecular formula is C23H23F2N5O2. The Bertz CT molecular complexity index is 1210. The van der Waals surface area contributed by atoms with Crippen LogP contribution in [0, 0.1) is 0 Å². The fourth-order valence-corrected chi connectivity index (χ4v) is 3.84. The van der Waals surface area contributed by atoms with Gasteiger partial charge in [0, 0.05) is 24.6 Å². The van der Waals surface area contributed by atoms with E-state index in [0.29, 0.717) is 28.7 Å². The molecule has 1 amide bonds. The zero-order valence-electron chi connectivity index (χ0n) is 17.8. The minimum atomic E-state index is -2.87. The molecule has 5 rings (SSSR count). The summed E-state index contributed by atoms with van der Waals surface area (Å²) in [5.74, 6) is 0.519. The number of hydrogen-bond acceptors (Lipinski definition) is 5. The number of carbonyl (C=O) groups excluding carboxylic acids is 1. The van der Waals surface area contributed by atoms with E-state index >= 15 is 0 Å². The molecule has 3 aromatic rings. The Morgan fingerprint density at radius 1 is 1.19 bits per heavy atom. The predicted octanol–water partition coefficient (Wildman–Crippen LogP) is 4.48. The molecular weight excluding hydrogens is 416 g/mol. The maximum absolute atomic E-state index is 13.2. The molecule has 2 aliphatic rings. The lowest BCUT2D eigenvalue weighted by molar-refractivity contribution is -0.0498. The van der Waals surface area contributed by atoms with E-state index in [9.17, 15) is 13.6 Å². The maximum atomic E-state index is 13.2. The topological polar surface area (TPSA) is 81.4 Å². The first-order valence-corrected chi connectivity index (χ1v) is 10.7. The Morgan fingerprint density at radius 3 is 2.50 bits per heavy atom. The van der Waals surface area contributed by atoms with Crippen molar-refractivity contribution in [1.82, 2.24) is 20.2 Å². The highest BCUT2D eigenvalue weighted by Gasteiger charge is 2.33. The van der Waals surface area contributed by atoms with Gasteiger partial charge >= 0.3 is 6.61 Å². The number of nitrogens with one attached hydrogen (secondary N) is 1. The van der Waals surface area contributed by atoms with Crippen LogP contribution in [0.15, 0.2) is 35.4 Å². The normalized spacial score (nSPS) is 16.6. The number of halogens is 2. The molecule has 2 aliphatic carbocycles. The lowest BCUT2D eigenvalue weighted by atomic mass is 10.1. The second-order valence-corrected chi connectivity index (χ2v) is 8.39. The van der Waals surface area contributed by atoms with Crippen molar-refractivity contribution in [2.45, 2.75) is 51.1 Å². The number of alkyl halides is 2. The van der Waals surface area contributed by atoms with Gasteiger partial charge in [-0.2, -0.15) is 19.0 Å². The van der Waals surface area contributed by atoms with E-state index in [1.807, 2.05) is 13.1 Å². The van der Waals surface area contributed by atoms with Crippen LogP contribution in [0.4, 0.5) is 8.78 Å². The van der Waals surface area contributed by atoms with E-state index in [-0.39, 0.29) is 11.7 Å². The first-order valence-electron chi connectivity index (χ1n) is 10.7. The van der Waals surface area contributed by atoms with Gasteiger partial charge < -0.3 is 4.74 Å². The number of fused-ring (bicyclic) bond motifs is 1.